The van der Waals surface area contributed by atoms with Gasteiger partial charge in [-0.15, -0.1) is 0 Å². The molecule has 2 N–H and O–H groups in total. The average Bonchev–Trinajstić information content (AvgIpc) is 3.00. The van der Waals surface area contributed by atoms with Crippen molar-refractivity contribution in [2.24, 2.45) is 0 Å². The fourth-order valence-corrected chi connectivity index (χ4v) is 3.49. The van der Waals surface area contributed by atoms with E-state index >= 15 is 0 Å². The summed E-state index contributed by atoms with van der Waals surface area (Å²) in [5.41, 5.74) is -0.506. The second-order valence-corrected chi connectivity index (χ2v) is 8.03. The zero-order valence-electron chi connectivity index (χ0n) is 17.9. The molecule has 0 radical (unpaired) electrons. The van der Waals surface area contributed by atoms with E-state index < -0.39 is 23.6 Å². The Morgan fingerprint density at radius 1 is 1.24 bits per heavy atom. The van der Waals surface area contributed by atoms with Crippen LogP contribution >= 0.6 is 0 Å². The van der Waals surface area contributed by atoms with Gasteiger partial charge in [0.2, 0.25) is 5.91 Å². The number of H-pyrrole nitrogens is 1. The number of ether oxygens (including phenoxy) is 1. The van der Waals surface area contributed by atoms with Crippen LogP contribution in [0.4, 0.5) is 0 Å². The van der Waals surface area contributed by atoms with Crippen LogP contribution in [0, 0.1) is 6.92 Å². The number of carbonyl (C=O) groups excluding carboxylic acids is 1. The summed E-state index contributed by atoms with van der Waals surface area (Å²) in [7, 11) is 3.81. The van der Waals surface area contributed by atoms with Crippen LogP contribution in [0.3, 0.4) is 0 Å². The first-order chi connectivity index (χ1) is 13.7. The van der Waals surface area contributed by atoms with Crippen LogP contribution in [-0.2, 0) is 9.53 Å². The van der Waals surface area contributed by atoms with E-state index in [1.165, 1.54) is 10.8 Å². The number of aromatic amines is 1. The molecule has 9 heteroatoms. The van der Waals surface area contributed by atoms with Crippen LogP contribution in [0.25, 0.3) is 0 Å². The van der Waals surface area contributed by atoms with Crippen molar-refractivity contribution >= 4 is 5.91 Å². The maximum atomic E-state index is 12.0. The van der Waals surface area contributed by atoms with Crippen LogP contribution in [0.1, 0.15) is 50.8 Å². The van der Waals surface area contributed by atoms with E-state index in [-0.39, 0.29) is 12.0 Å². The number of amides is 1. The SMILES string of the molecule is CC(=O)N(C)CCCCCCN(C)C[C@H]1O[C@@H](n2cc(C)c(=O)[nH]c2=O)C[C@@H]1O. The van der Waals surface area contributed by atoms with Gasteiger partial charge in [-0.25, -0.2) is 4.79 Å². The van der Waals surface area contributed by atoms with E-state index in [1.54, 1.807) is 18.7 Å². The van der Waals surface area contributed by atoms with Gasteiger partial charge in [0, 0.05) is 45.2 Å². The molecule has 1 aromatic rings. The second kappa shape index (κ2) is 10.7. The third-order valence-corrected chi connectivity index (χ3v) is 5.47. The van der Waals surface area contributed by atoms with Gasteiger partial charge in [-0.3, -0.25) is 19.1 Å². The minimum atomic E-state index is -0.663. The molecule has 2 rings (SSSR count). The van der Waals surface area contributed by atoms with Crippen molar-refractivity contribution in [3.63, 3.8) is 0 Å². The summed E-state index contributed by atoms with van der Waals surface area (Å²) in [6.45, 7) is 5.45. The van der Waals surface area contributed by atoms with Gasteiger partial charge in [-0.1, -0.05) is 12.8 Å². The highest BCUT2D eigenvalue weighted by Gasteiger charge is 2.36. The standard InChI is InChI=1S/C20H34N4O5/c1-14-12-24(20(28)21-19(14)27)18-11-16(26)17(29-18)13-22(3)9-7-5-6-8-10-23(4)15(2)25/h12,16-18,26H,5-11,13H2,1-4H3,(H,21,27,28)/t16-,17+,18+/m0/s1. The molecule has 0 unspecified atom stereocenters. The van der Waals surface area contributed by atoms with E-state index in [1.807, 2.05) is 14.1 Å². The van der Waals surface area contributed by atoms with Crippen LogP contribution in [0.15, 0.2) is 15.8 Å². The topological polar surface area (TPSA) is 108 Å². The van der Waals surface area contributed by atoms with Gasteiger partial charge in [0.25, 0.3) is 5.56 Å². The number of aromatic nitrogens is 2. The Bertz CT molecular complexity index is 790. The van der Waals surface area contributed by atoms with Crippen molar-refractivity contribution in [2.45, 2.75) is 64.4 Å². The zero-order chi connectivity index (χ0) is 21.6. The largest absolute Gasteiger partial charge is 0.390 e. The quantitative estimate of drug-likeness (QED) is 0.543. The number of carbonyl (C=O) groups is 1. The van der Waals surface area contributed by atoms with E-state index in [9.17, 15) is 19.5 Å². The van der Waals surface area contributed by atoms with Gasteiger partial charge in [0.1, 0.15) is 6.23 Å². The molecule has 0 aromatic carbocycles. The first-order valence-corrected chi connectivity index (χ1v) is 10.2. The Morgan fingerprint density at radius 3 is 2.55 bits per heavy atom. The highest BCUT2D eigenvalue weighted by atomic mass is 16.5. The van der Waals surface area contributed by atoms with Crippen LogP contribution < -0.4 is 11.2 Å². The number of aliphatic hydroxyl groups excluding tert-OH is 1. The Balaban J connectivity index is 1.73. The zero-order valence-corrected chi connectivity index (χ0v) is 17.9. The highest BCUT2D eigenvalue weighted by Crippen LogP contribution is 2.28. The Morgan fingerprint density at radius 2 is 1.90 bits per heavy atom. The predicted octanol–water partition coefficient (Wildman–Crippen LogP) is 0.464. The summed E-state index contributed by atoms with van der Waals surface area (Å²) in [5, 5.41) is 10.4. The molecule has 164 valence electrons. The molecule has 1 saturated heterocycles. The molecule has 1 aliphatic heterocycles. The summed E-state index contributed by atoms with van der Waals surface area (Å²) < 4.78 is 7.26. The maximum absolute atomic E-state index is 12.0. The predicted molar refractivity (Wildman–Crippen MR) is 110 cm³/mol. The minimum absolute atomic E-state index is 0.0949. The Hall–Kier alpha value is -1.97. The van der Waals surface area contributed by atoms with Gasteiger partial charge in [-0.05, 0) is 33.4 Å². The van der Waals surface area contributed by atoms with Gasteiger partial charge in [0.05, 0.1) is 12.2 Å². The third kappa shape index (κ3) is 6.80. The fourth-order valence-electron chi connectivity index (χ4n) is 3.49. The molecule has 0 saturated carbocycles. The number of nitrogens with zero attached hydrogens (tertiary/aromatic N) is 3. The van der Waals surface area contributed by atoms with Crippen molar-refractivity contribution in [1.82, 2.24) is 19.4 Å². The van der Waals surface area contributed by atoms with E-state index in [0.717, 1.165) is 38.8 Å². The number of aryl methyl sites for hydroxylation is 1. The van der Waals surface area contributed by atoms with Crippen molar-refractivity contribution in [3.8, 4) is 0 Å². The number of aliphatic hydroxyl groups is 1. The first-order valence-electron chi connectivity index (χ1n) is 10.2. The molecule has 1 fully saturated rings. The van der Waals surface area contributed by atoms with E-state index in [4.69, 9.17) is 4.74 Å². The van der Waals surface area contributed by atoms with Crippen molar-refractivity contribution < 1.29 is 14.6 Å². The number of unbranched alkanes of at least 4 members (excludes halogenated alkanes) is 3. The molecular formula is C20H34N4O5. The number of nitrogens with one attached hydrogen (secondary N) is 1. The molecule has 0 spiro atoms. The second-order valence-electron chi connectivity index (χ2n) is 8.03. The lowest BCUT2D eigenvalue weighted by molar-refractivity contribution is -0.127. The highest BCUT2D eigenvalue weighted by molar-refractivity contribution is 5.72. The normalized spacial score (nSPS) is 21.7. The lowest BCUT2D eigenvalue weighted by Crippen LogP contribution is -2.36. The fraction of sp³-hybridized carbons (Fsp3) is 0.750. The molecule has 1 amide bonds. The number of hydrogen-bond acceptors (Lipinski definition) is 6. The van der Waals surface area contributed by atoms with E-state index in [2.05, 4.69) is 9.88 Å². The number of likely N-dealkylation sites (N-methyl/N-ethyl adjacent to an activating group) is 1. The summed E-state index contributed by atoms with van der Waals surface area (Å²) in [4.78, 5) is 40.8. The van der Waals surface area contributed by atoms with Crippen molar-refractivity contribution in [3.05, 3.63) is 32.6 Å². The molecule has 3 atom stereocenters. The monoisotopic (exact) mass is 410 g/mol. The first kappa shape index (κ1) is 23.3. The average molecular weight is 411 g/mol. The number of hydrogen-bond donors (Lipinski definition) is 2. The Kier molecular flexibility index (Phi) is 8.60. The summed E-state index contributed by atoms with van der Waals surface area (Å²) in [6.07, 6.45) is 4.36. The van der Waals surface area contributed by atoms with Gasteiger partial charge in [0.15, 0.2) is 0 Å². The maximum Gasteiger partial charge on any atom is 0.330 e. The summed E-state index contributed by atoms with van der Waals surface area (Å²) in [5.74, 6) is 0.0949. The molecule has 0 aliphatic carbocycles. The summed E-state index contributed by atoms with van der Waals surface area (Å²) in [6, 6.07) is 0. The molecule has 29 heavy (non-hydrogen) atoms. The molecular weight excluding hydrogens is 376 g/mol. The minimum Gasteiger partial charge on any atom is -0.390 e. The molecule has 9 nitrogen and oxygen atoms in total. The molecule has 1 aromatic heterocycles. The van der Waals surface area contributed by atoms with Crippen molar-refractivity contribution in [1.29, 1.82) is 0 Å². The molecule has 0 bridgehead atoms. The molecule has 1 aliphatic rings. The number of rotatable bonds is 10. The van der Waals surface area contributed by atoms with Crippen LogP contribution in [0.5, 0.6) is 0 Å². The van der Waals surface area contributed by atoms with Crippen LogP contribution in [0.2, 0.25) is 0 Å². The van der Waals surface area contributed by atoms with Gasteiger partial charge >= 0.3 is 5.69 Å². The lowest BCUT2D eigenvalue weighted by atomic mass is 10.1. The smallest absolute Gasteiger partial charge is 0.330 e. The van der Waals surface area contributed by atoms with Gasteiger partial charge in [-0.2, -0.15) is 0 Å². The van der Waals surface area contributed by atoms with Crippen LogP contribution in [-0.4, -0.2) is 76.3 Å². The van der Waals surface area contributed by atoms with Gasteiger partial charge < -0.3 is 19.6 Å². The van der Waals surface area contributed by atoms with E-state index in [0.29, 0.717) is 18.5 Å². The molecule has 2 heterocycles. The lowest BCUT2D eigenvalue weighted by Gasteiger charge is -2.23. The Labute approximate surface area is 171 Å². The van der Waals surface area contributed by atoms with Crippen molar-refractivity contribution in [2.75, 3.05) is 33.7 Å². The third-order valence-electron chi connectivity index (χ3n) is 5.47. The summed E-state index contributed by atoms with van der Waals surface area (Å²) >= 11 is 0.